The monoisotopic (exact) mass is 472 g/mol. The molecule has 3 rings (SSSR count). The summed E-state index contributed by atoms with van der Waals surface area (Å²) in [5.74, 6) is -1.47. The van der Waals surface area contributed by atoms with Crippen molar-refractivity contribution in [3.05, 3.63) is 94.8 Å². The Balaban J connectivity index is 1.68. The summed E-state index contributed by atoms with van der Waals surface area (Å²) in [7, 11) is -3.45. The van der Waals surface area contributed by atoms with Gasteiger partial charge < -0.3 is 10.6 Å². The van der Waals surface area contributed by atoms with Crippen LogP contribution in [0.25, 0.3) is 6.08 Å². The van der Waals surface area contributed by atoms with Crippen molar-refractivity contribution in [1.29, 1.82) is 0 Å². The normalized spacial score (nSPS) is 11.3. The summed E-state index contributed by atoms with van der Waals surface area (Å²) in [6.07, 6.45) is 3.60. The van der Waals surface area contributed by atoms with E-state index in [0.29, 0.717) is 5.69 Å². The molecule has 2 amide bonds. The summed E-state index contributed by atoms with van der Waals surface area (Å²) in [5, 5.41) is 5.36. The Hall–Kier alpha value is -3.49. The van der Waals surface area contributed by atoms with Crippen molar-refractivity contribution in [2.24, 2.45) is 0 Å². The molecule has 9 heteroatoms. The zero-order chi connectivity index (χ0) is 23.3. The smallest absolute Gasteiger partial charge is 0.255 e. The Labute approximate surface area is 189 Å². The van der Waals surface area contributed by atoms with Crippen molar-refractivity contribution in [3.63, 3.8) is 0 Å². The molecule has 0 radical (unpaired) electrons. The Morgan fingerprint density at radius 1 is 0.969 bits per heavy atom. The van der Waals surface area contributed by atoms with Crippen molar-refractivity contribution in [2.75, 3.05) is 16.9 Å². The largest absolute Gasteiger partial charge is 0.322 e. The molecule has 164 valence electrons. The molecule has 3 aromatic carbocycles. The molecule has 2 N–H and O–H groups in total. The molecular weight excluding hydrogens is 455 g/mol. The molecule has 0 bridgehead atoms. The maximum atomic E-state index is 13.6. The first-order chi connectivity index (χ1) is 15.1. The van der Waals surface area contributed by atoms with Crippen molar-refractivity contribution in [3.8, 4) is 0 Å². The Kier molecular flexibility index (Phi) is 7.07. The summed E-state index contributed by atoms with van der Waals surface area (Å²) >= 11 is 6.21. The van der Waals surface area contributed by atoms with E-state index in [2.05, 4.69) is 10.6 Å². The fraction of sp³-hybridized carbons (Fsp3) is 0.0435. The van der Waals surface area contributed by atoms with Crippen LogP contribution in [0.2, 0.25) is 5.02 Å². The summed E-state index contributed by atoms with van der Waals surface area (Å²) in [6, 6.07) is 16.1. The van der Waals surface area contributed by atoms with Crippen molar-refractivity contribution < 1.29 is 22.4 Å². The van der Waals surface area contributed by atoms with E-state index in [1.807, 2.05) is 0 Å². The molecule has 0 aromatic heterocycles. The molecule has 0 saturated carbocycles. The molecule has 0 unspecified atom stereocenters. The zero-order valence-corrected chi connectivity index (χ0v) is 18.4. The van der Waals surface area contributed by atoms with Crippen LogP contribution in [0.15, 0.2) is 77.7 Å². The fourth-order valence-electron chi connectivity index (χ4n) is 2.72. The van der Waals surface area contributed by atoms with E-state index >= 15 is 0 Å². The van der Waals surface area contributed by atoms with E-state index in [1.165, 1.54) is 60.7 Å². The molecule has 0 saturated heterocycles. The number of halogens is 2. The maximum absolute atomic E-state index is 13.6. The van der Waals surface area contributed by atoms with Crippen LogP contribution >= 0.6 is 11.6 Å². The van der Waals surface area contributed by atoms with Gasteiger partial charge in [0.1, 0.15) is 5.82 Å². The van der Waals surface area contributed by atoms with E-state index in [1.54, 1.807) is 18.2 Å². The maximum Gasteiger partial charge on any atom is 0.255 e. The third-order valence-corrected chi connectivity index (χ3v) is 5.75. The fourth-order valence-corrected chi connectivity index (χ4v) is 3.61. The first-order valence-corrected chi connectivity index (χ1v) is 11.5. The van der Waals surface area contributed by atoms with Crippen molar-refractivity contribution >= 4 is 50.7 Å². The second-order valence-corrected chi connectivity index (χ2v) is 9.22. The van der Waals surface area contributed by atoms with Gasteiger partial charge in [-0.2, -0.15) is 0 Å². The predicted molar refractivity (Wildman–Crippen MR) is 123 cm³/mol. The number of nitrogens with one attached hydrogen (secondary N) is 2. The van der Waals surface area contributed by atoms with Crippen LogP contribution in [0, 0.1) is 5.82 Å². The van der Waals surface area contributed by atoms with Gasteiger partial charge in [0.05, 0.1) is 15.6 Å². The summed E-state index contributed by atoms with van der Waals surface area (Å²) in [5.41, 5.74) is 1.08. The molecule has 0 heterocycles. The standard InChI is InChI=1S/C23H18ClFN2O4S/c1-32(30,31)18-7-4-6-16(13-18)23(29)27-21-11-10-17(14-19(21)24)26-22(28)12-9-15-5-2-3-8-20(15)25/h2-14H,1H3,(H,26,28)(H,27,29)/b12-9+. The van der Waals surface area contributed by atoms with E-state index in [-0.39, 0.29) is 26.7 Å². The molecular formula is C23H18ClFN2O4S. The molecule has 0 aliphatic rings. The molecule has 3 aromatic rings. The van der Waals surface area contributed by atoms with Gasteiger partial charge in [0.15, 0.2) is 9.84 Å². The predicted octanol–water partition coefficient (Wildman–Crippen LogP) is 4.79. The number of rotatable bonds is 6. The second-order valence-electron chi connectivity index (χ2n) is 6.79. The lowest BCUT2D eigenvalue weighted by Gasteiger charge is -2.10. The van der Waals surface area contributed by atoms with Gasteiger partial charge in [-0.25, -0.2) is 12.8 Å². The van der Waals surface area contributed by atoms with Crippen LogP contribution in [-0.2, 0) is 14.6 Å². The van der Waals surface area contributed by atoms with Gasteiger partial charge in [-0.3, -0.25) is 9.59 Å². The van der Waals surface area contributed by atoms with Gasteiger partial charge in [-0.15, -0.1) is 0 Å². The highest BCUT2D eigenvalue weighted by molar-refractivity contribution is 7.90. The van der Waals surface area contributed by atoms with Gasteiger partial charge in [0.25, 0.3) is 5.91 Å². The lowest BCUT2D eigenvalue weighted by atomic mass is 10.2. The lowest BCUT2D eigenvalue weighted by Crippen LogP contribution is -2.13. The number of anilines is 2. The summed E-state index contributed by atoms with van der Waals surface area (Å²) < 4.78 is 37.0. The Morgan fingerprint density at radius 3 is 2.41 bits per heavy atom. The molecule has 0 aliphatic carbocycles. The molecule has 32 heavy (non-hydrogen) atoms. The van der Waals surface area contributed by atoms with Crippen molar-refractivity contribution in [2.45, 2.75) is 4.90 Å². The summed E-state index contributed by atoms with van der Waals surface area (Å²) in [6.45, 7) is 0. The highest BCUT2D eigenvalue weighted by Gasteiger charge is 2.13. The minimum atomic E-state index is -3.45. The molecule has 0 spiro atoms. The van der Waals surface area contributed by atoms with Crippen LogP contribution in [0.5, 0.6) is 0 Å². The van der Waals surface area contributed by atoms with Gasteiger partial charge in [0, 0.05) is 29.1 Å². The van der Waals surface area contributed by atoms with E-state index in [0.717, 1.165) is 6.26 Å². The number of amides is 2. The van der Waals surface area contributed by atoms with Gasteiger partial charge in [0.2, 0.25) is 5.91 Å². The van der Waals surface area contributed by atoms with E-state index in [9.17, 15) is 22.4 Å². The number of benzene rings is 3. The number of hydrogen-bond donors (Lipinski definition) is 2. The SMILES string of the molecule is CS(=O)(=O)c1cccc(C(=O)Nc2ccc(NC(=O)/C=C/c3ccccc3F)cc2Cl)c1. The molecule has 6 nitrogen and oxygen atoms in total. The van der Waals surface area contributed by atoms with Crippen LogP contribution in [-0.4, -0.2) is 26.5 Å². The second kappa shape index (κ2) is 9.76. The average Bonchev–Trinajstić information content (AvgIpc) is 2.74. The third kappa shape index (κ3) is 6.03. The Bertz CT molecular complexity index is 1320. The number of sulfone groups is 1. The minimum absolute atomic E-state index is 0.0257. The van der Waals surface area contributed by atoms with Crippen LogP contribution < -0.4 is 10.6 Å². The van der Waals surface area contributed by atoms with Gasteiger partial charge in [-0.1, -0.05) is 35.9 Å². The van der Waals surface area contributed by atoms with Crippen LogP contribution in [0.1, 0.15) is 15.9 Å². The Morgan fingerprint density at radius 2 is 1.72 bits per heavy atom. The van der Waals surface area contributed by atoms with Gasteiger partial charge in [-0.05, 0) is 48.5 Å². The quantitative estimate of drug-likeness (QED) is 0.505. The number of carbonyl (C=O) groups excluding carboxylic acids is 2. The average molecular weight is 473 g/mol. The highest BCUT2D eigenvalue weighted by Crippen LogP contribution is 2.26. The van der Waals surface area contributed by atoms with Crippen LogP contribution in [0.3, 0.4) is 0 Å². The zero-order valence-electron chi connectivity index (χ0n) is 16.8. The van der Waals surface area contributed by atoms with Crippen LogP contribution in [0.4, 0.5) is 15.8 Å². The molecule has 0 atom stereocenters. The first kappa shape index (κ1) is 23.2. The number of hydrogen-bond acceptors (Lipinski definition) is 4. The van der Waals surface area contributed by atoms with E-state index in [4.69, 9.17) is 11.6 Å². The number of carbonyl (C=O) groups is 2. The van der Waals surface area contributed by atoms with Gasteiger partial charge >= 0.3 is 0 Å². The highest BCUT2D eigenvalue weighted by atomic mass is 35.5. The summed E-state index contributed by atoms with van der Waals surface area (Å²) in [4.78, 5) is 24.6. The van der Waals surface area contributed by atoms with Crippen molar-refractivity contribution in [1.82, 2.24) is 0 Å². The topological polar surface area (TPSA) is 92.3 Å². The lowest BCUT2D eigenvalue weighted by molar-refractivity contribution is -0.111. The third-order valence-electron chi connectivity index (χ3n) is 4.33. The molecule has 0 aliphatic heterocycles. The molecule has 0 fully saturated rings. The van der Waals surface area contributed by atoms with E-state index < -0.39 is 27.5 Å². The first-order valence-electron chi connectivity index (χ1n) is 9.28. The minimum Gasteiger partial charge on any atom is -0.322 e.